The lowest BCUT2D eigenvalue weighted by molar-refractivity contribution is -0.384. The number of hydrogen-bond donors (Lipinski definition) is 0. The number of nitro benzene ring substituents is 1. The van der Waals surface area contributed by atoms with E-state index in [0.717, 1.165) is 0 Å². The molecule has 20 heavy (non-hydrogen) atoms. The molecular formula is C12H8N6O2. The third-order valence-electron chi connectivity index (χ3n) is 2.70. The maximum Gasteiger partial charge on any atom is 0.295 e. The van der Waals surface area contributed by atoms with Gasteiger partial charge in [-0.1, -0.05) is 12.1 Å². The van der Waals surface area contributed by atoms with Crippen LogP contribution in [0.15, 0.2) is 48.8 Å². The normalized spacial score (nSPS) is 10.4. The number of aromatic nitrogens is 5. The highest BCUT2D eigenvalue weighted by atomic mass is 16.6. The van der Waals surface area contributed by atoms with Gasteiger partial charge in [-0.05, 0) is 28.6 Å². The van der Waals surface area contributed by atoms with E-state index in [1.54, 1.807) is 42.7 Å². The predicted molar refractivity (Wildman–Crippen MR) is 69.0 cm³/mol. The van der Waals surface area contributed by atoms with Gasteiger partial charge in [0.25, 0.3) is 5.69 Å². The van der Waals surface area contributed by atoms with Crippen LogP contribution >= 0.6 is 0 Å². The molecule has 0 bridgehead atoms. The summed E-state index contributed by atoms with van der Waals surface area (Å²) in [6, 6.07) is 9.81. The molecule has 8 heteroatoms. The summed E-state index contributed by atoms with van der Waals surface area (Å²) in [7, 11) is 0. The molecule has 0 spiro atoms. The molecule has 3 rings (SSSR count). The Morgan fingerprint density at radius 3 is 2.75 bits per heavy atom. The second-order valence-electron chi connectivity index (χ2n) is 3.90. The molecule has 2 heterocycles. The summed E-state index contributed by atoms with van der Waals surface area (Å²) in [6.07, 6.45) is 3.22. The molecular weight excluding hydrogens is 260 g/mol. The van der Waals surface area contributed by atoms with Gasteiger partial charge in [-0.3, -0.25) is 15.1 Å². The number of rotatable bonds is 3. The lowest BCUT2D eigenvalue weighted by Gasteiger charge is -2.04. The minimum atomic E-state index is -0.468. The number of pyridine rings is 1. The minimum Gasteiger partial charge on any atom is -0.264 e. The summed E-state index contributed by atoms with van der Waals surface area (Å²) in [5.41, 5.74) is 0.918. The average molecular weight is 268 g/mol. The highest BCUT2D eigenvalue weighted by molar-refractivity contribution is 5.60. The van der Waals surface area contributed by atoms with Crippen LogP contribution < -0.4 is 0 Å². The Morgan fingerprint density at radius 1 is 1.15 bits per heavy atom. The molecule has 0 aliphatic carbocycles. The van der Waals surface area contributed by atoms with Crippen molar-refractivity contribution in [1.82, 2.24) is 25.2 Å². The minimum absolute atomic E-state index is 0.0649. The Balaban J connectivity index is 2.18. The van der Waals surface area contributed by atoms with Crippen LogP contribution in [0.25, 0.3) is 17.1 Å². The van der Waals surface area contributed by atoms with E-state index in [1.807, 2.05) is 0 Å². The van der Waals surface area contributed by atoms with Crippen LogP contribution in [0, 0.1) is 10.1 Å². The van der Waals surface area contributed by atoms with Crippen LogP contribution in [0.5, 0.6) is 0 Å². The van der Waals surface area contributed by atoms with Gasteiger partial charge in [0, 0.05) is 24.0 Å². The first-order valence-electron chi connectivity index (χ1n) is 5.70. The standard InChI is InChI=1S/C12H8N6O2/c19-18(20)11-6-2-1-5-10(11)17-12(14-15-16-17)9-4-3-7-13-8-9/h1-8H. The predicted octanol–water partition coefficient (Wildman–Crippen LogP) is 1.63. The summed E-state index contributed by atoms with van der Waals surface area (Å²) in [6.45, 7) is 0. The third kappa shape index (κ3) is 1.99. The van der Waals surface area contributed by atoms with E-state index in [2.05, 4.69) is 20.5 Å². The molecule has 0 aliphatic rings. The fourth-order valence-electron chi connectivity index (χ4n) is 1.82. The Bertz CT molecular complexity index is 755. The molecule has 0 unspecified atom stereocenters. The fourth-order valence-corrected chi connectivity index (χ4v) is 1.82. The number of nitrogens with zero attached hydrogens (tertiary/aromatic N) is 6. The van der Waals surface area contributed by atoms with E-state index in [0.29, 0.717) is 17.1 Å². The van der Waals surface area contributed by atoms with Gasteiger partial charge in [-0.15, -0.1) is 5.10 Å². The SMILES string of the molecule is O=[N+]([O-])c1ccccc1-n1nnnc1-c1cccnc1. The van der Waals surface area contributed by atoms with E-state index in [4.69, 9.17) is 0 Å². The second kappa shape index (κ2) is 4.84. The zero-order valence-electron chi connectivity index (χ0n) is 10.1. The molecule has 0 N–H and O–H groups in total. The van der Waals surface area contributed by atoms with Gasteiger partial charge in [0.1, 0.15) is 5.69 Å². The summed E-state index contributed by atoms with van der Waals surface area (Å²) < 4.78 is 1.33. The maximum absolute atomic E-state index is 11.1. The molecule has 0 atom stereocenters. The Morgan fingerprint density at radius 2 is 2.00 bits per heavy atom. The monoisotopic (exact) mass is 268 g/mol. The number of nitro groups is 1. The van der Waals surface area contributed by atoms with Crippen molar-refractivity contribution in [3.8, 4) is 17.1 Å². The van der Waals surface area contributed by atoms with Crippen molar-refractivity contribution in [2.75, 3.05) is 0 Å². The van der Waals surface area contributed by atoms with Crippen LogP contribution in [0.3, 0.4) is 0 Å². The second-order valence-corrected chi connectivity index (χ2v) is 3.90. The molecule has 0 radical (unpaired) electrons. The maximum atomic E-state index is 11.1. The van der Waals surface area contributed by atoms with Crippen LogP contribution in [-0.2, 0) is 0 Å². The molecule has 0 fully saturated rings. The van der Waals surface area contributed by atoms with E-state index >= 15 is 0 Å². The third-order valence-corrected chi connectivity index (χ3v) is 2.70. The average Bonchev–Trinajstić information content (AvgIpc) is 2.97. The fraction of sp³-hybridized carbons (Fsp3) is 0. The zero-order valence-corrected chi connectivity index (χ0v) is 10.1. The first kappa shape index (κ1) is 11.9. The highest BCUT2D eigenvalue weighted by Crippen LogP contribution is 2.25. The molecule has 8 nitrogen and oxygen atoms in total. The Hall–Kier alpha value is -3.16. The summed E-state index contributed by atoms with van der Waals surface area (Å²) in [5.74, 6) is 0.396. The van der Waals surface area contributed by atoms with Crippen molar-refractivity contribution >= 4 is 5.69 Å². The number of para-hydroxylation sites is 2. The van der Waals surface area contributed by atoms with E-state index in [1.165, 1.54) is 10.7 Å². The van der Waals surface area contributed by atoms with Crippen molar-refractivity contribution in [1.29, 1.82) is 0 Å². The highest BCUT2D eigenvalue weighted by Gasteiger charge is 2.19. The van der Waals surface area contributed by atoms with Gasteiger partial charge in [-0.25, -0.2) is 0 Å². The molecule has 98 valence electrons. The van der Waals surface area contributed by atoms with Gasteiger partial charge >= 0.3 is 0 Å². The molecule has 0 aliphatic heterocycles. The summed E-state index contributed by atoms with van der Waals surface area (Å²) >= 11 is 0. The first-order chi connectivity index (χ1) is 9.77. The van der Waals surface area contributed by atoms with Gasteiger partial charge in [0.15, 0.2) is 5.82 Å². The van der Waals surface area contributed by atoms with Gasteiger partial charge in [0.2, 0.25) is 0 Å². The van der Waals surface area contributed by atoms with E-state index in [9.17, 15) is 10.1 Å². The van der Waals surface area contributed by atoms with Crippen molar-refractivity contribution < 1.29 is 4.92 Å². The zero-order chi connectivity index (χ0) is 13.9. The van der Waals surface area contributed by atoms with Gasteiger partial charge < -0.3 is 0 Å². The molecule has 0 saturated carbocycles. The number of hydrogen-bond acceptors (Lipinski definition) is 6. The largest absolute Gasteiger partial charge is 0.295 e. The van der Waals surface area contributed by atoms with Crippen molar-refractivity contribution in [2.45, 2.75) is 0 Å². The quantitative estimate of drug-likeness (QED) is 0.528. The van der Waals surface area contributed by atoms with Crippen LogP contribution in [-0.4, -0.2) is 30.1 Å². The lowest BCUT2D eigenvalue weighted by atomic mass is 10.2. The Kier molecular flexibility index (Phi) is 2.88. The van der Waals surface area contributed by atoms with Gasteiger partial charge in [0.05, 0.1) is 4.92 Å². The van der Waals surface area contributed by atoms with Crippen LogP contribution in [0.4, 0.5) is 5.69 Å². The number of tetrazole rings is 1. The van der Waals surface area contributed by atoms with Crippen molar-refractivity contribution in [3.63, 3.8) is 0 Å². The van der Waals surface area contributed by atoms with Crippen molar-refractivity contribution in [2.24, 2.45) is 0 Å². The smallest absolute Gasteiger partial charge is 0.264 e. The molecule has 2 aromatic heterocycles. The van der Waals surface area contributed by atoms with Crippen LogP contribution in [0.1, 0.15) is 0 Å². The van der Waals surface area contributed by atoms with Crippen LogP contribution in [0.2, 0.25) is 0 Å². The first-order valence-corrected chi connectivity index (χ1v) is 5.70. The molecule has 0 amide bonds. The van der Waals surface area contributed by atoms with Crippen molar-refractivity contribution in [3.05, 3.63) is 58.9 Å². The van der Waals surface area contributed by atoms with E-state index < -0.39 is 4.92 Å². The summed E-state index contributed by atoms with van der Waals surface area (Å²) in [5, 5.41) is 22.4. The number of benzene rings is 1. The van der Waals surface area contributed by atoms with Gasteiger partial charge in [-0.2, -0.15) is 4.68 Å². The summed E-state index contributed by atoms with van der Waals surface area (Å²) in [4.78, 5) is 14.6. The Labute approximate surface area is 112 Å². The molecule has 3 aromatic rings. The lowest BCUT2D eigenvalue weighted by Crippen LogP contribution is -2.03. The van der Waals surface area contributed by atoms with E-state index in [-0.39, 0.29) is 5.69 Å². The molecule has 1 aromatic carbocycles. The topological polar surface area (TPSA) is 99.6 Å². The molecule has 0 saturated heterocycles.